The van der Waals surface area contributed by atoms with Crippen LogP contribution in [0.4, 0.5) is 0 Å². The molecule has 0 atom stereocenters. The number of likely N-dealkylation sites (tertiary alicyclic amines) is 1. The van der Waals surface area contributed by atoms with E-state index in [2.05, 4.69) is 69.9 Å². The van der Waals surface area contributed by atoms with Crippen LogP contribution in [0.25, 0.3) is 5.69 Å². The SMILES string of the molecule is CC(C)c1ccc(C#N)c(-n2cc(CN3CCC(C(C)C)CC3)cn2)c1.CCC. The molecule has 1 fully saturated rings. The van der Waals surface area contributed by atoms with Gasteiger partial charge in [-0.1, -0.05) is 54.0 Å². The van der Waals surface area contributed by atoms with Crippen LogP contribution in [0.5, 0.6) is 0 Å². The molecule has 0 N–H and O–H groups in total. The Morgan fingerprint density at radius 1 is 1.14 bits per heavy atom. The van der Waals surface area contributed by atoms with Crippen LogP contribution in [0.1, 0.15) is 83.4 Å². The third-order valence-corrected chi connectivity index (χ3v) is 5.67. The Hall–Kier alpha value is -2.12. The molecule has 1 aliphatic heterocycles. The van der Waals surface area contributed by atoms with Gasteiger partial charge in [-0.25, -0.2) is 4.68 Å². The Labute approximate surface area is 177 Å². The van der Waals surface area contributed by atoms with Gasteiger partial charge in [0, 0.05) is 18.3 Å². The van der Waals surface area contributed by atoms with E-state index in [4.69, 9.17) is 0 Å². The van der Waals surface area contributed by atoms with Crippen LogP contribution in [-0.4, -0.2) is 27.8 Å². The summed E-state index contributed by atoms with van der Waals surface area (Å²) in [6, 6.07) is 8.33. The fourth-order valence-corrected chi connectivity index (χ4v) is 3.80. The zero-order valence-corrected chi connectivity index (χ0v) is 19.2. The van der Waals surface area contributed by atoms with Crippen LogP contribution in [0, 0.1) is 23.2 Å². The predicted molar refractivity (Wildman–Crippen MR) is 121 cm³/mol. The van der Waals surface area contributed by atoms with E-state index < -0.39 is 0 Å². The average molecular weight is 395 g/mol. The van der Waals surface area contributed by atoms with Crippen molar-refractivity contribution in [1.29, 1.82) is 5.26 Å². The first-order chi connectivity index (χ1) is 13.9. The molecule has 4 heteroatoms. The van der Waals surface area contributed by atoms with Crippen LogP contribution in [-0.2, 0) is 6.54 Å². The van der Waals surface area contributed by atoms with Crippen molar-refractivity contribution < 1.29 is 0 Å². The van der Waals surface area contributed by atoms with E-state index in [1.807, 2.05) is 23.0 Å². The zero-order valence-electron chi connectivity index (χ0n) is 19.2. The van der Waals surface area contributed by atoms with Crippen molar-refractivity contribution >= 4 is 0 Å². The van der Waals surface area contributed by atoms with Gasteiger partial charge >= 0.3 is 0 Å². The largest absolute Gasteiger partial charge is 0.299 e. The van der Waals surface area contributed by atoms with Crippen LogP contribution in [0.3, 0.4) is 0 Å². The van der Waals surface area contributed by atoms with Crippen molar-refractivity contribution in [2.45, 2.75) is 73.3 Å². The molecule has 2 heterocycles. The highest BCUT2D eigenvalue weighted by Crippen LogP contribution is 2.26. The molecular formula is C25H38N4. The number of benzene rings is 1. The zero-order chi connectivity index (χ0) is 21.4. The van der Waals surface area contributed by atoms with Crippen LogP contribution in [0.15, 0.2) is 30.6 Å². The Morgan fingerprint density at radius 2 is 1.79 bits per heavy atom. The van der Waals surface area contributed by atoms with Crippen molar-refractivity contribution in [3.63, 3.8) is 0 Å². The second-order valence-electron chi connectivity index (χ2n) is 8.90. The molecule has 1 saturated heterocycles. The lowest BCUT2D eigenvalue weighted by molar-refractivity contribution is 0.152. The minimum Gasteiger partial charge on any atom is -0.299 e. The van der Waals surface area contributed by atoms with E-state index in [0.29, 0.717) is 11.5 Å². The van der Waals surface area contributed by atoms with Gasteiger partial charge in [-0.05, 0) is 61.4 Å². The Balaban J connectivity index is 0.000000941. The Bertz CT molecular complexity index is 789. The molecule has 0 radical (unpaired) electrons. The molecule has 0 spiro atoms. The van der Waals surface area contributed by atoms with E-state index in [-0.39, 0.29) is 0 Å². The highest BCUT2D eigenvalue weighted by molar-refractivity contribution is 5.51. The third kappa shape index (κ3) is 6.44. The van der Waals surface area contributed by atoms with Crippen molar-refractivity contribution in [2.24, 2.45) is 11.8 Å². The predicted octanol–water partition coefficient (Wildman–Crippen LogP) is 6.15. The molecule has 0 unspecified atom stereocenters. The monoisotopic (exact) mass is 394 g/mol. The van der Waals surface area contributed by atoms with Gasteiger partial charge in [0.15, 0.2) is 0 Å². The minimum absolute atomic E-state index is 0.429. The summed E-state index contributed by atoms with van der Waals surface area (Å²) >= 11 is 0. The minimum atomic E-state index is 0.429. The van der Waals surface area contributed by atoms with Crippen LogP contribution < -0.4 is 0 Å². The summed E-state index contributed by atoms with van der Waals surface area (Å²) in [6.45, 7) is 16.5. The van der Waals surface area contributed by atoms with Crippen LogP contribution in [0.2, 0.25) is 0 Å². The average Bonchev–Trinajstić information content (AvgIpc) is 3.16. The van der Waals surface area contributed by atoms with E-state index in [9.17, 15) is 5.26 Å². The maximum absolute atomic E-state index is 9.45. The van der Waals surface area contributed by atoms with Gasteiger partial charge in [-0.3, -0.25) is 4.90 Å². The van der Waals surface area contributed by atoms with Gasteiger partial charge in [-0.2, -0.15) is 10.4 Å². The summed E-state index contributed by atoms with van der Waals surface area (Å²) in [5.74, 6) is 2.09. The molecule has 158 valence electrons. The molecule has 4 nitrogen and oxygen atoms in total. The highest BCUT2D eigenvalue weighted by atomic mass is 15.3. The lowest BCUT2D eigenvalue weighted by Crippen LogP contribution is -2.34. The maximum Gasteiger partial charge on any atom is 0.101 e. The Kier molecular flexibility index (Phi) is 8.92. The first-order valence-corrected chi connectivity index (χ1v) is 11.2. The molecule has 0 bridgehead atoms. The van der Waals surface area contributed by atoms with Gasteiger partial charge in [0.2, 0.25) is 0 Å². The van der Waals surface area contributed by atoms with Gasteiger partial charge < -0.3 is 0 Å². The number of nitrogens with zero attached hydrogens (tertiary/aromatic N) is 4. The maximum atomic E-state index is 9.45. The second-order valence-corrected chi connectivity index (χ2v) is 8.90. The fraction of sp³-hybridized carbons (Fsp3) is 0.600. The lowest BCUT2D eigenvalue weighted by Gasteiger charge is -2.33. The second kappa shape index (κ2) is 11.2. The normalized spacial score (nSPS) is 15.3. The summed E-state index contributed by atoms with van der Waals surface area (Å²) < 4.78 is 1.86. The van der Waals surface area contributed by atoms with Crippen LogP contribution >= 0.6 is 0 Å². The summed E-state index contributed by atoms with van der Waals surface area (Å²) in [6.07, 6.45) is 7.86. The van der Waals surface area contributed by atoms with E-state index >= 15 is 0 Å². The lowest BCUT2D eigenvalue weighted by atomic mass is 9.87. The topological polar surface area (TPSA) is 44.9 Å². The summed E-state index contributed by atoms with van der Waals surface area (Å²) in [5, 5.41) is 14.0. The number of hydrogen-bond donors (Lipinski definition) is 0. The molecule has 0 aliphatic carbocycles. The van der Waals surface area contributed by atoms with Gasteiger partial charge in [0.1, 0.15) is 6.07 Å². The molecule has 29 heavy (non-hydrogen) atoms. The molecule has 3 rings (SSSR count). The molecule has 1 aromatic carbocycles. The molecule has 0 saturated carbocycles. The number of rotatable bonds is 5. The summed E-state index contributed by atoms with van der Waals surface area (Å²) in [4.78, 5) is 2.52. The fourth-order valence-electron chi connectivity index (χ4n) is 3.80. The van der Waals surface area contributed by atoms with E-state index in [1.165, 1.54) is 43.5 Å². The number of hydrogen-bond acceptors (Lipinski definition) is 3. The van der Waals surface area contributed by atoms with Crippen molar-refractivity contribution in [3.8, 4) is 11.8 Å². The number of aromatic nitrogens is 2. The molecule has 2 aromatic rings. The number of nitriles is 1. The number of piperidine rings is 1. The third-order valence-electron chi connectivity index (χ3n) is 5.67. The first-order valence-electron chi connectivity index (χ1n) is 11.2. The first kappa shape index (κ1) is 23.2. The van der Waals surface area contributed by atoms with Crippen molar-refractivity contribution in [1.82, 2.24) is 14.7 Å². The van der Waals surface area contributed by atoms with Gasteiger partial charge in [-0.15, -0.1) is 0 Å². The van der Waals surface area contributed by atoms with Gasteiger partial charge in [0.05, 0.1) is 17.4 Å². The van der Waals surface area contributed by atoms with Gasteiger partial charge in [0.25, 0.3) is 0 Å². The molecular weight excluding hydrogens is 356 g/mol. The van der Waals surface area contributed by atoms with E-state index in [1.54, 1.807) is 0 Å². The Morgan fingerprint density at radius 3 is 2.34 bits per heavy atom. The van der Waals surface area contributed by atoms with Crippen molar-refractivity contribution in [2.75, 3.05) is 13.1 Å². The summed E-state index contributed by atoms with van der Waals surface area (Å²) in [7, 11) is 0. The standard InChI is InChI=1S/C22H30N4.C3H8/c1-16(2)19-7-9-25(10-8-19)14-18-13-24-26(15-18)22-11-20(17(3)4)5-6-21(22)12-23;1-3-2/h5-6,11,13,15-17,19H,7-10,14H2,1-4H3;3H2,1-2H3. The smallest absolute Gasteiger partial charge is 0.101 e. The highest BCUT2D eigenvalue weighted by Gasteiger charge is 2.21. The van der Waals surface area contributed by atoms with Crippen molar-refractivity contribution in [3.05, 3.63) is 47.3 Å². The quantitative estimate of drug-likeness (QED) is 0.611. The molecule has 1 aliphatic rings. The molecule has 0 amide bonds. The summed E-state index contributed by atoms with van der Waals surface area (Å²) in [5.41, 5.74) is 3.99. The molecule has 1 aromatic heterocycles. The van der Waals surface area contributed by atoms with E-state index in [0.717, 1.165) is 24.1 Å².